The molecule has 1 atom stereocenters. The Morgan fingerprint density at radius 1 is 1.45 bits per heavy atom. The molecule has 6 heteroatoms. The zero-order valence-corrected chi connectivity index (χ0v) is 13.4. The molecule has 1 saturated carbocycles. The molecule has 1 saturated heterocycles. The topological polar surface area (TPSA) is 69.6 Å². The van der Waals surface area contributed by atoms with Crippen LogP contribution in [0, 0.1) is 5.41 Å². The number of carbonyl (C=O) groups excluding carboxylic acids is 2. The van der Waals surface area contributed by atoms with E-state index >= 15 is 0 Å². The van der Waals surface area contributed by atoms with Crippen LogP contribution in [0.1, 0.15) is 30.6 Å². The first-order valence-corrected chi connectivity index (χ1v) is 8.72. The van der Waals surface area contributed by atoms with Crippen LogP contribution < -0.4 is 5.32 Å². The number of carbonyl (C=O) groups is 2. The van der Waals surface area contributed by atoms with Gasteiger partial charge >= 0.3 is 0 Å². The molecule has 0 spiro atoms. The molecule has 2 amide bonds. The minimum absolute atomic E-state index is 0.0309. The summed E-state index contributed by atoms with van der Waals surface area (Å²) in [5, 5.41) is 14.2. The summed E-state index contributed by atoms with van der Waals surface area (Å²) in [6, 6.07) is 3.54. The van der Waals surface area contributed by atoms with Crippen LogP contribution in [-0.2, 0) is 16.0 Å². The smallest absolute Gasteiger partial charge is 0.242 e. The second-order valence-electron chi connectivity index (χ2n) is 6.38. The minimum atomic E-state index is -0.345. The Hall–Kier alpha value is -1.40. The van der Waals surface area contributed by atoms with Crippen molar-refractivity contribution in [3.63, 3.8) is 0 Å². The Kier molecular flexibility index (Phi) is 4.49. The van der Waals surface area contributed by atoms with E-state index in [0.717, 1.165) is 30.6 Å². The van der Waals surface area contributed by atoms with Crippen LogP contribution in [0.2, 0.25) is 0 Å². The number of thiophene rings is 1. The van der Waals surface area contributed by atoms with Gasteiger partial charge in [0.15, 0.2) is 0 Å². The standard InChI is InChI=1S/C16H22N2O3S/c19-11-16(5-6-16)10-17-15(21)13-4-1-7-18(13)14(20)9-12-3-2-8-22-12/h2-3,8,13,19H,1,4-7,9-11H2,(H,17,21). The van der Waals surface area contributed by atoms with Crippen molar-refractivity contribution >= 4 is 23.2 Å². The Morgan fingerprint density at radius 2 is 2.27 bits per heavy atom. The number of amides is 2. The predicted molar refractivity (Wildman–Crippen MR) is 84.5 cm³/mol. The first kappa shape index (κ1) is 15.5. The van der Waals surface area contributed by atoms with E-state index in [0.29, 0.717) is 19.5 Å². The van der Waals surface area contributed by atoms with Gasteiger partial charge in [0.1, 0.15) is 6.04 Å². The first-order valence-electron chi connectivity index (χ1n) is 7.84. The Bertz CT molecular complexity index is 540. The molecule has 0 aromatic carbocycles. The van der Waals surface area contributed by atoms with E-state index < -0.39 is 0 Å². The van der Waals surface area contributed by atoms with Gasteiger partial charge in [-0.3, -0.25) is 9.59 Å². The molecule has 2 N–H and O–H groups in total. The summed E-state index contributed by atoms with van der Waals surface area (Å²) >= 11 is 1.57. The van der Waals surface area contributed by atoms with Crippen LogP contribution in [0.5, 0.6) is 0 Å². The van der Waals surface area contributed by atoms with Crippen molar-refractivity contribution in [3.05, 3.63) is 22.4 Å². The second kappa shape index (κ2) is 6.38. The molecule has 5 nitrogen and oxygen atoms in total. The van der Waals surface area contributed by atoms with Crippen molar-refractivity contribution in [2.75, 3.05) is 19.7 Å². The maximum absolute atomic E-state index is 12.4. The number of aliphatic hydroxyl groups excluding tert-OH is 1. The molecule has 1 aromatic rings. The molecule has 1 unspecified atom stereocenters. The minimum Gasteiger partial charge on any atom is -0.396 e. The highest BCUT2D eigenvalue weighted by atomic mass is 32.1. The summed E-state index contributed by atoms with van der Waals surface area (Å²) in [6.07, 6.45) is 3.92. The average Bonchev–Trinajstić information content (AvgIpc) is 2.93. The molecule has 120 valence electrons. The van der Waals surface area contributed by atoms with E-state index in [1.165, 1.54) is 0 Å². The van der Waals surface area contributed by atoms with E-state index in [4.69, 9.17) is 0 Å². The first-order chi connectivity index (χ1) is 10.6. The highest BCUT2D eigenvalue weighted by Gasteiger charge is 2.43. The highest BCUT2D eigenvalue weighted by molar-refractivity contribution is 7.10. The predicted octanol–water partition coefficient (Wildman–Crippen LogP) is 1.17. The van der Waals surface area contributed by atoms with Crippen LogP contribution in [0.25, 0.3) is 0 Å². The Labute approximate surface area is 134 Å². The van der Waals surface area contributed by atoms with Gasteiger partial charge in [0.2, 0.25) is 11.8 Å². The lowest BCUT2D eigenvalue weighted by atomic mass is 10.1. The zero-order chi connectivity index (χ0) is 15.6. The van der Waals surface area contributed by atoms with E-state index in [1.807, 2.05) is 17.5 Å². The molecule has 1 aliphatic carbocycles. The number of nitrogens with one attached hydrogen (secondary N) is 1. The van der Waals surface area contributed by atoms with E-state index in [1.54, 1.807) is 16.2 Å². The molecule has 3 rings (SSSR count). The molecule has 1 aliphatic heterocycles. The maximum atomic E-state index is 12.4. The second-order valence-corrected chi connectivity index (χ2v) is 7.41. The van der Waals surface area contributed by atoms with Gasteiger partial charge in [0, 0.05) is 23.4 Å². The van der Waals surface area contributed by atoms with Gasteiger partial charge in [-0.2, -0.15) is 0 Å². The Morgan fingerprint density at radius 3 is 2.91 bits per heavy atom. The van der Waals surface area contributed by atoms with Crippen molar-refractivity contribution in [3.8, 4) is 0 Å². The van der Waals surface area contributed by atoms with Crippen LogP contribution in [0.4, 0.5) is 0 Å². The number of likely N-dealkylation sites (tertiary alicyclic amines) is 1. The highest BCUT2D eigenvalue weighted by Crippen LogP contribution is 2.44. The van der Waals surface area contributed by atoms with Gasteiger partial charge in [-0.25, -0.2) is 0 Å². The third kappa shape index (κ3) is 3.33. The summed E-state index contributed by atoms with van der Waals surface area (Å²) < 4.78 is 0. The van der Waals surface area contributed by atoms with Crippen LogP contribution in [-0.4, -0.2) is 47.6 Å². The fourth-order valence-corrected chi connectivity index (χ4v) is 3.66. The number of nitrogens with zero attached hydrogens (tertiary/aromatic N) is 1. The molecule has 0 bridgehead atoms. The summed E-state index contributed by atoms with van der Waals surface area (Å²) in [6.45, 7) is 1.30. The van der Waals surface area contributed by atoms with E-state index in [9.17, 15) is 14.7 Å². The fraction of sp³-hybridized carbons (Fsp3) is 0.625. The quantitative estimate of drug-likeness (QED) is 0.826. The van der Waals surface area contributed by atoms with E-state index in [-0.39, 0.29) is 29.9 Å². The molecular formula is C16H22N2O3S. The lowest BCUT2D eigenvalue weighted by molar-refractivity contribution is -0.138. The number of rotatable bonds is 6. The normalized spacial score (nSPS) is 22.6. The van der Waals surface area contributed by atoms with Crippen LogP contribution in [0.15, 0.2) is 17.5 Å². The molecule has 1 aromatic heterocycles. The van der Waals surface area contributed by atoms with Crippen LogP contribution in [0.3, 0.4) is 0 Å². The fourth-order valence-electron chi connectivity index (χ4n) is 2.96. The van der Waals surface area contributed by atoms with Gasteiger partial charge < -0.3 is 15.3 Å². The Balaban J connectivity index is 1.55. The number of hydrogen-bond acceptors (Lipinski definition) is 4. The summed E-state index contributed by atoms with van der Waals surface area (Å²) in [4.78, 5) is 27.5. The van der Waals surface area contributed by atoms with Gasteiger partial charge in [-0.15, -0.1) is 11.3 Å². The summed E-state index contributed by atoms with van der Waals surface area (Å²) in [5.74, 6) is -0.0415. The van der Waals surface area contributed by atoms with Crippen molar-refractivity contribution in [2.24, 2.45) is 5.41 Å². The average molecular weight is 322 g/mol. The molecule has 0 radical (unpaired) electrons. The third-order valence-corrected chi connectivity index (χ3v) is 5.59. The van der Waals surface area contributed by atoms with Gasteiger partial charge in [-0.1, -0.05) is 6.07 Å². The van der Waals surface area contributed by atoms with Gasteiger partial charge in [0.25, 0.3) is 0 Å². The zero-order valence-electron chi connectivity index (χ0n) is 12.6. The number of aliphatic hydroxyl groups is 1. The maximum Gasteiger partial charge on any atom is 0.242 e. The SMILES string of the molecule is O=C(NCC1(CO)CC1)C1CCCN1C(=O)Cc1cccs1. The molecular weight excluding hydrogens is 300 g/mol. The molecule has 2 fully saturated rings. The van der Waals surface area contributed by atoms with Crippen molar-refractivity contribution in [1.29, 1.82) is 0 Å². The monoisotopic (exact) mass is 322 g/mol. The van der Waals surface area contributed by atoms with Crippen LogP contribution >= 0.6 is 11.3 Å². The van der Waals surface area contributed by atoms with Gasteiger partial charge in [0.05, 0.1) is 13.0 Å². The number of hydrogen-bond donors (Lipinski definition) is 2. The largest absolute Gasteiger partial charge is 0.396 e. The lowest BCUT2D eigenvalue weighted by Crippen LogP contribution is -2.47. The third-order valence-electron chi connectivity index (χ3n) is 4.71. The molecule has 2 aliphatic rings. The molecule has 2 heterocycles. The van der Waals surface area contributed by atoms with Crippen molar-refractivity contribution in [1.82, 2.24) is 10.2 Å². The van der Waals surface area contributed by atoms with Gasteiger partial charge in [-0.05, 0) is 37.1 Å². The lowest BCUT2D eigenvalue weighted by Gasteiger charge is -2.24. The van der Waals surface area contributed by atoms with Crippen molar-refractivity contribution in [2.45, 2.75) is 38.1 Å². The molecule has 22 heavy (non-hydrogen) atoms. The van der Waals surface area contributed by atoms with E-state index in [2.05, 4.69) is 5.32 Å². The van der Waals surface area contributed by atoms with Crippen molar-refractivity contribution < 1.29 is 14.7 Å². The summed E-state index contributed by atoms with van der Waals surface area (Å²) in [5.41, 5.74) is -0.0972. The summed E-state index contributed by atoms with van der Waals surface area (Å²) in [7, 11) is 0.